The minimum Gasteiger partial charge on any atom is -0.478 e. The van der Waals surface area contributed by atoms with Crippen LogP contribution in [0.5, 0.6) is 0 Å². The number of rotatable bonds is 5. The SMILES string of the molecule is CN(C)C1(CNc2c(Cl)cc(N)cc2C(=O)O)CCC1. The van der Waals surface area contributed by atoms with Crippen molar-refractivity contribution < 1.29 is 9.90 Å². The molecule has 6 heteroatoms. The Labute approximate surface area is 123 Å². The second-order valence-electron chi connectivity index (χ2n) is 5.56. The van der Waals surface area contributed by atoms with Gasteiger partial charge in [0.25, 0.3) is 0 Å². The number of carboxylic acid groups (broad SMARTS) is 1. The first-order chi connectivity index (χ1) is 9.35. The van der Waals surface area contributed by atoms with E-state index in [0.29, 0.717) is 22.9 Å². The fraction of sp³-hybridized carbons (Fsp3) is 0.500. The molecule has 110 valence electrons. The van der Waals surface area contributed by atoms with E-state index in [2.05, 4.69) is 10.2 Å². The zero-order chi connectivity index (χ0) is 14.9. The Morgan fingerprint density at radius 1 is 1.50 bits per heavy atom. The van der Waals surface area contributed by atoms with Crippen molar-refractivity contribution in [2.24, 2.45) is 0 Å². The van der Waals surface area contributed by atoms with Gasteiger partial charge in [-0.15, -0.1) is 0 Å². The van der Waals surface area contributed by atoms with Gasteiger partial charge >= 0.3 is 5.97 Å². The van der Waals surface area contributed by atoms with Crippen LogP contribution < -0.4 is 11.1 Å². The predicted octanol–water partition coefficient (Wildman–Crippen LogP) is 2.52. The fourth-order valence-corrected chi connectivity index (χ4v) is 2.89. The first kappa shape index (κ1) is 14.9. The highest BCUT2D eigenvalue weighted by Gasteiger charge is 2.39. The molecule has 0 spiro atoms. The number of anilines is 2. The standard InChI is InChI=1S/C14H20ClN3O2/c1-18(2)14(4-3-5-14)8-17-12-10(13(19)20)6-9(16)7-11(12)15/h6-7,17H,3-5,8,16H2,1-2H3,(H,19,20). The summed E-state index contributed by atoms with van der Waals surface area (Å²) in [6, 6.07) is 3.00. The molecule has 1 aliphatic carbocycles. The number of hydrogen-bond acceptors (Lipinski definition) is 4. The van der Waals surface area contributed by atoms with Gasteiger partial charge in [0.15, 0.2) is 0 Å². The highest BCUT2D eigenvalue weighted by molar-refractivity contribution is 6.34. The predicted molar refractivity (Wildman–Crippen MR) is 81.6 cm³/mol. The van der Waals surface area contributed by atoms with Crippen LogP contribution in [0, 0.1) is 0 Å². The molecule has 0 heterocycles. The third-order valence-corrected chi connectivity index (χ3v) is 4.47. The summed E-state index contributed by atoms with van der Waals surface area (Å²) < 4.78 is 0. The third kappa shape index (κ3) is 2.69. The van der Waals surface area contributed by atoms with Crippen LogP contribution in [-0.2, 0) is 0 Å². The molecule has 0 aliphatic heterocycles. The number of benzene rings is 1. The Morgan fingerprint density at radius 2 is 2.15 bits per heavy atom. The lowest BCUT2D eigenvalue weighted by atomic mass is 9.75. The number of carbonyl (C=O) groups is 1. The molecule has 1 saturated carbocycles. The Hall–Kier alpha value is -1.46. The lowest BCUT2D eigenvalue weighted by molar-refractivity contribution is 0.0693. The second-order valence-corrected chi connectivity index (χ2v) is 5.96. The maximum Gasteiger partial charge on any atom is 0.337 e. The summed E-state index contributed by atoms with van der Waals surface area (Å²) in [7, 11) is 4.09. The molecular weight excluding hydrogens is 278 g/mol. The molecule has 1 aliphatic rings. The average molecular weight is 298 g/mol. The first-order valence-corrected chi connectivity index (χ1v) is 6.97. The van der Waals surface area contributed by atoms with E-state index in [4.69, 9.17) is 17.3 Å². The van der Waals surface area contributed by atoms with Crippen LogP contribution in [0.2, 0.25) is 5.02 Å². The number of likely N-dealkylation sites (N-methyl/N-ethyl adjacent to an activating group) is 1. The van der Waals surface area contributed by atoms with Gasteiger partial charge in [0, 0.05) is 17.8 Å². The third-order valence-electron chi connectivity index (χ3n) is 4.17. The van der Waals surface area contributed by atoms with E-state index in [0.717, 1.165) is 12.8 Å². The van der Waals surface area contributed by atoms with Crippen molar-refractivity contribution in [1.29, 1.82) is 0 Å². The molecule has 2 rings (SSSR count). The summed E-state index contributed by atoms with van der Waals surface area (Å²) in [5.41, 5.74) is 6.64. The molecule has 20 heavy (non-hydrogen) atoms. The van der Waals surface area contributed by atoms with Gasteiger partial charge in [0.2, 0.25) is 0 Å². The van der Waals surface area contributed by atoms with E-state index in [1.54, 1.807) is 6.07 Å². The van der Waals surface area contributed by atoms with Crippen molar-refractivity contribution in [2.75, 3.05) is 31.7 Å². The van der Waals surface area contributed by atoms with Crippen LogP contribution in [0.3, 0.4) is 0 Å². The highest BCUT2D eigenvalue weighted by atomic mass is 35.5. The molecule has 1 aromatic rings. The average Bonchev–Trinajstić information content (AvgIpc) is 2.28. The van der Waals surface area contributed by atoms with Crippen LogP contribution in [-0.4, -0.2) is 42.2 Å². The summed E-state index contributed by atoms with van der Waals surface area (Å²) in [5, 5.41) is 12.8. The van der Waals surface area contributed by atoms with Gasteiger partial charge < -0.3 is 21.1 Å². The normalized spacial score (nSPS) is 16.8. The summed E-state index contributed by atoms with van der Waals surface area (Å²) in [6.45, 7) is 0.671. The molecule has 0 aromatic heterocycles. The van der Waals surface area contributed by atoms with Crippen molar-refractivity contribution in [3.8, 4) is 0 Å². The molecule has 0 bridgehead atoms. The molecular formula is C14H20ClN3O2. The highest BCUT2D eigenvalue weighted by Crippen LogP contribution is 2.37. The van der Waals surface area contributed by atoms with Crippen LogP contribution in [0.4, 0.5) is 11.4 Å². The lowest BCUT2D eigenvalue weighted by Gasteiger charge is -2.47. The van der Waals surface area contributed by atoms with Crippen LogP contribution in [0.1, 0.15) is 29.6 Å². The molecule has 0 saturated heterocycles. The zero-order valence-corrected chi connectivity index (χ0v) is 12.5. The van der Waals surface area contributed by atoms with E-state index >= 15 is 0 Å². The molecule has 1 fully saturated rings. The topological polar surface area (TPSA) is 78.6 Å². The number of nitrogens with two attached hydrogens (primary N) is 1. The Bertz CT molecular complexity index is 527. The van der Waals surface area contributed by atoms with Gasteiger partial charge in [-0.3, -0.25) is 0 Å². The quantitative estimate of drug-likeness (QED) is 0.728. The monoisotopic (exact) mass is 297 g/mol. The number of carboxylic acids is 1. The van der Waals surface area contributed by atoms with Crippen LogP contribution >= 0.6 is 11.6 Å². The molecule has 0 radical (unpaired) electrons. The number of nitrogen functional groups attached to an aromatic ring is 1. The largest absolute Gasteiger partial charge is 0.478 e. The van der Waals surface area contributed by atoms with Gasteiger partial charge in [-0.2, -0.15) is 0 Å². The smallest absolute Gasteiger partial charge is 0.337 e. The summed E-state index contributed by atoms with van der Waals surface area (Å²) in [4.78, 5) is 13.5. The molecule has 5 nitrogen and oxygen atoms in total. The molecule has 4 N–H and O–H groups in total. The van der Waals surface area contributed by atoms with Gasteiger partial charge in [-0.05, 0) is 45.5 Å². The maximum absolute atomic E-state index is 11.3. The number of nitrogens with zero attached hydrogens (tertiary/aromatic N) is 1. The lowest BCUT2D eigenvalue weighted by Crippen LogP contribution is -2.54. The van der Waals surface area contributed by atoms with E-state index in [-0.39, 0.29) is 11.1 Å². The molecule has 0 amide bonds. The van der Waals surface area contributed by atoms with Gasteiger partial charge in [-0.1, -0.05) is 11.6 Å². The summed E-state index contributed by atoms with van der Waals surface area (Å²) in [5.74, 6) is -1.03. The van der Waals surface area contributed by atoms with Gasteiger partial charge in [0.1, 0.15) is 0 Å². The maximum atomic E-state index is 11.3. The van der Waals surface area contributed by atoms with Gasteiger partial charge in [0.05, 0.1) is 16.3 Å². The van der Waals surface area contributed by atoms with E-state index in [9.17, 15) is 9.90 Å². The van der Waals surface area contributed by atoms with Crippen LogP contribution in [0.15, 0.2) is 12.1 Å². The summed E-state index contributed by atoms with van der Waals surface area (Å²) in [6.07, 6.45) is 3.39. The Morgan fingerprint density at radius 3 is 2.60 bits per heavy atom. The van der Waals surface area contributed by atoms with Crippen LogP contribution in [0.25, 0.3) is 0 Å². The molecule has 0 unspecified atom stereocenters. The minimum atomic E-state index is -1.03. The number of aromatic carboxylic acids is 1. The number of hydrogen-bond donors (Lipinski definition) is 3. The summed E-state index contributed by atoms with van der Waals surface area (Å²) >= 11 is 6.13. The van der Waals surface area contributed by atoms with Crippen molar-refractivity contribution in [2.45, 2.75) is 24.8 Å². The minimum absolute atomic E-state index is 0.0838. The number of halogens is 1. The molecule has 0 atom stereocenters. The van der Waals surface area contributed by atoms with E-state index in [1.165, 1.54) is 12.5 Å². The van der Waals surface area contributed by atoms with E-state index in [1.807, 2.05) is 14.1 Å². The zero-order valence-electron chi connectivity index (χ0n) is 11.7. The Balaban J connectivity index is 2.23. The first-order valence-electron chi connectivity index (χ1n) is 6.59. The van der Waals surface area contributed by atoms with Crippen molar-refractivity contribution in [3.63, 3.8) is 0 Å². The molecule has 1 aromatic carbocycles. The van der Waals surface area contributed by atoms with Crippen molar-refractivity contribution in [3.05, 3.63) is 22.7 Å². The van der Waals surface area contributed by atoms with E-state index < -0.39 is 5.97 Å². The van der Waals surface area contributed by atoms with Crippen molar-refractivity contribution in [1.82, 2.24) is 4.90 Å². The Kier molecular flexibility index (Phi) is 4.11. The van der Waals surface area contributed by atoms with Gasteiger partial charge in [-0.25, -0.2) is 4.79 Å². The second kappa shape index (κ2) is 5.50. The van der Waals surface area contributed by atoms with Crippen molar-refractivity contribution >= 4 is 28.9 Å². The fourth-order valence-electron chi connectivity index (χ4n) is 2.60. The number of nitrogens with one attached hydrogen (secondary N) is 1.